The third-order valence-electron chi connectivity index (χ3n) is 5.27. The number of carbonyl (C=O) groups is 1. The predicted molar refractivity (Wildman–Crippen MR) is 101 cm³/mol. The summed E-state index contributed by atoms with van der Waals surface area (Å²) in [5.74, 6) is -0.124. The highest BCUT2D eigenvalue weighted by Gasteiger charge is 2.57. The number of fused-ring (bicyclic) bond motifs is 2. The van der Waals surface area contributed by atoms with Crippen molar-refractivity contribution in [2.45, 2.75) is 30.3 Å². The first-order valence-corrected chi connectivity index (χ1v) is 11.0. The van der Waals surface area contributed by atoms with Crippen LogP contribution in [-0.2, 0) is 31.6 Å². The van der Waals surface area contributed by atoms with E-state index in [9.17, 15) is 13.2 Å². The standard InChI is InChI=1S/C18H21N3O4S2/c1-13-19-14(11-26-13)9-21-18(7-8-20(12-18)17(22)10-25-2)15-5-3-4-6-16(15)27(21,23)24/h3-6,11H,7-10,12H2,1-2H3/t18-/m1/s1. The average Bonchev–Trinajstić information content (AvgIpc) is 3.30. The van der Waals surface area contributed by atoms with Crippen molar-refractivity contribution in [2.75, 3.05) is 26.8 Å². The molecule has 1 spiro atoms. The van der Waals surface area contributed by atoms with Crippen molar-refractivity contribution in [3.8, 4) is 0 Å². The minimum atomic E-state index is -3.66. The van der Waals surface area contributed by atoms with Crippen molar-refractivity contribution in [1.29, 1.82) is 0 Å². The molecule has 1 amide bonds. The molecule has 0 saturated carbocycles. The van der Waals surface area contributed by atoms with Crippen molar-refractivity contribution >= 4 is 27.3 Å². The molecule has 27 heavy (non-hydrogen) atoms. The molecule has 2 aliphatic rings. The van der Waals surface area contributed by atoms with Gasteiger partial charge >= 0.3 is 0 Å². The van der Waals surface area contributed by atoms with Crippen molar-refractivity contribution in [1.82, 2.24) is 14.2 Å². The number of carbonyl (C=O) groups excluding carboxylic acids is 1. The van der Waals surface area contributed by atoms with Gasteiger partial charge in [0.05, 0.1) is 27.7 Å². The van der Waals surface area contributed by atoms with Gasteiger partial charge < -0.3 is 9.64 Å². The molecule has 1 fully saturated rings. The Bertz CT molecular complexity index is 988. The molecule has 9 heteroatoms. The maximum atomic E-state index is 13.3. The number of benzene rings is 1. The summed E-state index contributed by atoms with van der Waals surface area (Å²) in [5, 5.41) is 2.79. The largest absolute Gasteiger partial charge is 0.375 e. The summed E-state index contributed by atoms with van der Waals surface area (Å²) < 4.78 is 33.2. The maximum Gasteiger partial charge on any atom is 0.248 e. The number of thiazole rings is 1. The fourth-order valence-corrected chi connectivity index (χ4v) is 6.71. The molecular formula is C18H21N3O4S2. The van der Waals surface area contributed by atoms with E-state index in [2.05, 4.69) is 4.98 Å². The average molecular weight is 408 g/mol. The monoisotopic (exact) mass is 407 g/mol. The fraction of sp³-hybridized carbons (Fsp3) is 0.444. The van der Waals surface area contributed by atoms with E-state index in [1.165, 1.54) is 18.4 Å². The van der Waals surface area contributed by atoms with Gasteiger partial charge in [0.15, 0.2) is 0 Å². The first kappa shape index (κ1) is 18.5. The SMILES string of the molecule is COCC(=O)N1CC[C@@]2(C1)c1ccccc1S(=O)(=O)N2Cc1csc(C)n1. The van der Waals surface area contributed by atoms with Gasteiger partial charge in [-0.05, 0) is 25.0 Å². The summed E-state index contributed by atoms with van der Waals surface area (Å²) in [4.78, 5) is 18.8. The minimum absolute atomic E-state index is 0.00421. The van der Waals surface area contributed by atoms with Crippen LogP contribution in [0.2, 0.25) is 0 Å². The van der Waals surface area contributed by atoms with Crippen LogP contribution in [0.3, 0.4) is 0 Å². The number of amides is 1. The summed E-state index contributed by atoms with van der Waals surface area (Å²) in [6.45, 7) is 2.93. The molecule has 2 aromatic rings. The Morgan fingerprint density at radius 1 is 1.37 bits per heavy atom. The van der Waals surface area contributed by atoms with E-state index in [1.807, 2.05) is 24.4 Å². The van der Waals surface area contributed by atoms with Crippen molar-refractivity contribution in [3.63, 3.8) is 0 Å². The van der Waals surface area contributed by atoms with E-state index in [-0.39, 0.29) is 19.1 Å². The predicted octanol–water partition coefficient (Wildman–Crippen LogP) is 1.73. The molecule has 1 atom stereocenters. The highest BCUT2D eigenvalue weighted by Crippen LogP contribution is 2.50. The summed E-state index contributed by atoms with van der Waals surface area (Å²) in [6.07, 6.45) is 0.557. The Kier molecular flexibility index (Phi) is 4.58. The number of hydrogen-bond acceptors (Lipinski definition) is 6. The molecule has 0 bridgehead atoms. The van der Waals surface area contributed by atoms with Gasteiger partial charge in [-0.2, -0.15) is 4.31 Å². The minimum Gasteiger partial charge on any atom is -0.375 e. The second kappa shape index (κ2) is 6.66. The van der Waals surface area contributed by atoms with E-state index in [1.54, 1.807) is 21.3 Å². The molecule has 2 aliphatic heterocycles. The van der Waals surface area contributed by atoms with E-state index >= 15 is 0 Å². The van der Waals surface area contributed by atoms with Crippen molar-refractivity contribution in [3.05, 3.63) is 45.9 Å². The van der Waals surface area contributed by atoms with Crippen LogP contribution in [0.4, 0.5) is 0 Å². The number of ether oxygens (including phenoxy) is 1. The first-order chi connectivity index (χ1) is 12.9. The lowest BCUT2D eigenvalue weighted by molar-refractivity contribution is -0.134. The zero-order chi connectivity index (χ0) is 19.2. The van der Waals surface area contributed by atoms with Gasteiger partial charge in [-0.1, -0.05) is 18.2 Å². The van der Waals surface area contributed by atoms with Crippen LogP contribution in [0.25, 0.3) is 0 Å². The van der Waals surface area contributed by atoms with Crippen LogP contribution in [-0.4, -0.2) is 55.3 Å². The summed E-state index contributed by atoms with van der Waals surface area (Å²) in [7, 11) is -2.18. The number of hydrogen-bond donors (Lipinski definition) is 0. The van der Waals surface area contributed by atoms with Crippen LogP contribution >= 0.6 is 11.3 Å². The number of aryl methyl sites for hydroxylation is 1. The fourth-order valence-electron chi connectivity index (χ4n) is 4.07. The Hall–Kier alpha value is -1.81. The number of rotatable bonds is 4. The Labute approximate surface area is 162 Å². The Balaban J connectivity index is 1.78. The molecule has 0 radical (unpaired) electrons. The lowest BCUT2D eigenvalue weighted by atomic mass is 9.89. The molecule has 0 aliphatic carbocycles. The summed E-state index contributed by atoms with van der Waals surface area (Å²) in [6, 6.07) is 7.11. The third-order valence-corrected chi connectivity index (χ3v) is 8.07. The molecular weight excluding hydrogens is 386 g/mol. The Morgan fingerprint density at radius 3 is 2.85 bits per heavy atom. The number of sulfonamides is 1. The van der Waals surface area contributed by atoms with Crippen LogP contribution < -0.4 is 0 Å². The number of nitrogens with zero attached hydrogens (tertiary/aromatic N) is 3. The maximum absolute atomic E-state index is 13.3. The molecule has 4 rings (SSSR count). The number of methoxy groups -OCH3 is 1. The molecule has 0 unspecified atom stereocenters. The van der Waals surface area contributed by atoms with Gasteiger partial charge in [-0.3, -0.25) is 4.79 Å². The molecule has 1 aromatic carbocycles. The second-order valence-corrected chi connectivity index (χ2v) is 9.79. The smallest absolute Gasteiger partial charge is 0.248 e. The zero-order valence-corrected chi connectivity index (χ0v) is 16.8. The molecule has 7 nitrogen and oxygen atoms in total. The second-order valence-electron chi connectivity index (χ2n) is 6.90. The van der Waals surface area contributed by atoms with E-state index < -0.39 is 15.6 Å². The van der Waals surface area contributed by atoms with Gasteiger partial charge in [-0.15, -0.1) is 11.3 Å². The molecule has 1 aromatic heterocycles. The van der Waals surface area contributed by atoms with Gasteiger partial charge in [0.1, 0.15) is 6.61 Å². The lowest BCUT2D eigenvalue weighted by Crippen LogP contribution is -2.46. The molecule has 1 saturated heterocycles. The highest BCUT2D eigenvalue weighted by molar-refractivity contribution is 7.89. The van der Waals surface area contributed by atoms with E-state index in [4.69, 9.17) is 4.74 Å². The quantitative estimate of drug-likeness (QED) is 0.771. The van der Waals surface area contributed by atoms with Crippen LogP contribution in [0.15, 0.2) is 34.5 Å². The molecule has 0 N–H and O–H groups in total. The highest BCUT2D eigenvalue weighted by atomic mass is 32.2. The first-order valence-electron chi connectivity index (χ1n) is 8.68. The summed E-state index contributed by atoms with van der Waals surface area (Å²) in [5.41, 5.74) is 0.746. The number of likely N-dealkylation sites (tertiary alicyclic amines) is 1. The topological polar surface area (TPSA) is 79.8 Å². The lowest BCUT2D eigenvalue weighted by Gasteiger charge is -2.33. The third kappa shape index (κ3) is 2.89. The zero-order valence-electron chi connectivity index (χ0n) is 15.2. The van der Waals surface area contributed by atoms with Crippen molar-refractivity contribution in [2.24, 2.45) is 0 Å². The van der Waals surface area contributed by atoms with Gasteiger partial charge in [0, 0.05) is 25.6 Å². The van der Waals surface area contributed by atoms with Gasteiger partial charge in [0.2, 0.25) is 15.9 Å². The van der Waals surface area contributed by atoms with E-state index in [0.717, 1.165) is 16.3 Å². The summed E-state index contributed by atoms with van der Waals surface area (Å²) >= 11 is 1.50. The van der Waals surface area contributed by atoms with Gasteiger partial charge in [0.25, 0.3) is 0 Å². The molecule has 3 heterocycles. The van der Waals surface area contributed by atoms with E-state index in [0.29, 0.717) is 24.4 Å². The van der Waals surface area contributed by atoms with Crippen molar-refractivity contribution < 1.29 is 17.9 Å². The molecule has 144 valence electrons. The van der Waals surface area contributed by atoms with Crippen LogP contribution in [0.1, 0.15) is 22.7 Å². The van der Waals surface area contributed by atoms with Gasteiger partial charge in [-0.25, -0.2) is 13.4 Å². The van der Waals surface area contributed by atoms with Crippen LogP contribution in [0.5, 0.6) is 0 Å². The normalized spacial score (nSPS) is 23.9. The Morgan fingerprint density at radius 2 is 2.15 bits per heavy atom. The van der Waals surface area contributed by atoms with Crippen LogP contribution in [0, 0.1) is 6.92 Å². The number of aromatic nitrogens is 1.